The van der Waals surface area contributed by atoms with Crippen molar-refractivity contribution in [3.63, 3.8) is 0 Å². The van der Waals surface area contributed by atoms with Gasteiger partial charge >= 0.3 is 0 Å². The van der Waals surface area contributed by atoms with Crippen LogP contribution in [0.25, 0.3) is 5.69 Å². The van der Waals surface area contributed by atoms with Crippen LogP contribution in [0.2, 0.25) is 5.02 Å². The second kappa shape index (κ2) is 6.90. The third kappa shape index (κ3) is 3.14. The van der Waals surface area contributed by atoms with Gasteiger partial charge in [0.25, 0.3) is 0 Å². The highest BCUT2D eigenvalue weighted by Crippen LogP contribution is 2.44. The normalized spacial score (nSPS) is 21.3. The Hall–Kier alpha value is -2.71. The van der Waals surface area contributed by atoms with Gasteiger partial charge in [0.05, 0.1) is 17.9 Å². The second-order valence-corrected chi connectivity index (χ2v) is 10.5. The van der Waals surface area contributed by atoms with E-state index in [2.05, 4.69) is 46.6 Å². The van der Waals surface area contributed by atoms with Crippen LogP contribution in [0.3, 0.4) is 0 Å². The van der Waals surface area contributed by atoms with Gasteiger partial charge in [-0.25, -0.2) is 9.37 Å². The van der Waals surface area contributed by atoms with Gasteiger partial charge in [0.15, 0.2) is 5.82 Å². The van der Waals surface area contributed by atoms with Crippen molar-refractivity contribution >= 4 is 23.4 Å². The molecule has 3 aliphatic heterocycles. The monoisotopic (exact) mass is 465 g/mol. The van der Waals surface area contributed by atoms with E-state index in [0.717, 1.165) is 67.6 Å². The molecule has 0 atom stereocenters. The maximum Gasteiger partial charge on any atom is 0.231 e. The van der Waals surface area contributed by atoms with E-state index in [1.54, 1.807) is 13.0 Å². The SMILES string of the molecule is Cc1nc(N2CC3(C2)CN(c2nnc4n2-c2ccc(Cl)cc2CN(C2CC2)C4)C3)ccc1F. The second-order valence-electron chi connectivity index (χ2n) is 10.1. The van der Waals surface area contributed by atoms with Gasteiger partial charge in [0.1, 0.15) is 11.6 Å². The van der Waals surface area contributed by atoms with Crippen LogP contribution in [0, 0.1) is 18.2 Å². The number of benzene rings is 1. The molecule has 1 saturated carbocycles. The molecule has 7 nitrogen and oxygen atoms in total. The van der Waals surface area contributed by atoms with E-state index in [1.165, 1.54) is 24.5 Å². The molecule has 1 aromatic carbocycles. The Morgan fingerprint density at radius 1 is 1.00 bits per heavy atom. The molecule has 0 bridgehead atoms. The molecule has 33 heavy (non-hydrogen) atoms. The van der Waals surface area contributed by atoms with Gasteiger partial charge in [-0.15, -0.1) is 10.2 Å². The highest BCUT2D eigenvalue weighted by molar-refractivity contribution is 6.30. The summed E-state index contributed by atoms with van der Waals surface area (Å²) in [5.41, 5.74) is 3.06. The van der Waals surface area contributed by atoms with E-state index in [-0.39, 0.29) is 11.2 Å². The number of anilines is 2. The van der Waals surface area contributed by atoms with Crippen LogP contribution in [0.4, 0.5) is 16.2 Å². The molecule has 2 aromatic heterocycles. The van der Waals surface area contributed by atoms with Gasteiger partial charge < -0.3 is 9.80 Å². The zero-order valence-electron chi connectivity index (χ0n) is 18.5. The topological polar surface area (TPSA) is 53.3 Å². The molecule has 4 aliphatic rings. The van der Waals surface area contributed by atoms with Crippen molar-refractivity contribution in [1.82, 2.24) is 24.6 Å². The Morgan fingerprint density at radius 3 is 2.55 bits per heavy atom. The molecule has 3 fully saturated rings. The summed E-state index contributed by atoms with van der Waals surface area (Å²) in [4.78, 5) is 11.5. The minimum atomic E-state index is -0.252. The zero-order valence-corrected chi connectivity index (χ0v) is 19.3. The zero-order chi connectivity index (χ0) is 22.3. The van der Waals surface area contributed by atoms with Crippen LogP contribution in [-0.2, 0) is 13.1 Å². The molecule has 0 radical (unpaired) electrons. The van der Waals surface area contributed by atoms with E-state index in [0.29, 0.717) is 11.7 Å². The van der Waals surface area contributed by atoms with Crippen LogP contribution in [0.15, 0.2) is 30.3 Å². The Morgan fingerprint density at radius 2 is 1.79 bits per heavy atom. The molecule has 0 amide bonds. The average Bonchev–Trinajstić information content (AvgIpc) is 3.52. The maximum absolute atomic E-state index is 13.6. The van der Waals surface area contributed by atoms with Crippen LogP contribution in [-0.4, -0.2) is 56.9 Å². The lowest BCUT2D eigenvalue weighted by Crippen LogP contribution is -2.73. The van der Waals surface area contributed by atoms with Crippen molar-refractivity contribution in [2.24, 2.45) is 5.41 Å². The van der Waals surface area contributed by atoms with Crippen LogP contribution >= 0.6 is 11.6 Å². The minimum Gasteiger partial charge on any atom is -0.355 e. The van der Waals surface area contributed by atoms with Crippen molar-refractivity contribution in [3.05, 3.63) is 58.3 Å². The maximum atomic E-state index is 13.6. The number of aromatic nitrogens is 4. The first-order chi connectivity index (χ1) is 16.0. The molecule has 0 N–H and O–H groups in total. The first kappa shape index (κ1) is 19.7. The number of fused-ring (bicyclic) bond motifs is 3. The van der Waals surface area contributed by atoms with Crippen LogP contribution < -0.4 is 9.80 Å². The number of rotatable bonds is 3. The predicted octanol–water partition coefficient (Wildman–Crippen LogP) is 3.57. The molecule has 7 rings (SSSR count). The van der Waals surface area contributed by atoms with Gasteiger partial charge in [0.2, 0.25) is 5.95 Å². The smallest absolute Gasteiger partial charge is 0.231 e. The molecular weight excluding hydrogens is 441 g/mol. The third-order valence-corrected chi connectivity index (χ3v) is 7.73. The fourth-order valence-corrected chi connectivity index (χ4v) is 5.85. The average molecular weight is 466 g/mol. The fourth-order valence-electron chi connectivity index (χ4n) is 5.65. The molecule has 170 valence electrons. The summed E-state index contributed by atoms with van der Waals surface area (Å²) in [6.45, 7) is 7.17. The molecule has 1 aliphatic carbocycles. The molecule has 2 saturated heterocycles. The summed E-state index contributed by atoms with van der Waals surface area (Å²) in [6.07, 6.45) is 2.51. The molecule has 5 heterocycles. The van der Waals surface area contributed by atoms with Gasteiger partial charge in [0, 0.05) is 49.2 Å². The lowest BCUT2D eigenvalue weighted by atomic mass is 9.73. The van der Waals surface area contributed by atoms with E-state index in [9.17, 15) is 4.39 Å². The summed E-state index contributed by atoms with van der Waals surface area (Å²) in [7, 11) is 0. The van der Waals surface area contributed by atoms with E-state index >= 15 is 0 Å². The molecule has 3 aromatic rings. The van der Waals surface area contributed by atoms with Crippen LogP contribution in [0.5, 0.6) is 0 Å². The van der Waals surface area contributed by atoms with E-state index in [4.69, 9.17) is 11.6 Å². The Balaban J connectivity index is 1.13. The quantitative estimate of drug-likeness (QED) is 0.589. The van der Waals surface area contributed by atoms with Crippen molar-refractivity contribution in [2.45, 2.75) is 38.9 Å². The number of pyridine rings is 1. The fraction of sp³-hybridized carbons (Fsp3) is 0.458. The van der Waals surface area contributed by atoms with Crippen molar-refractivity contribution in [1.29, 1.82) is 0 Å². The summed E-state index contributed by atoms with van der Waals surface area (Å²) < 4.78 is 15.8. The number of halogens is 2. The number of nitrogens with zero attached hydrogens (tertiary/aromatic N) is 7. The Labute approximate surface area is 196 Å². The summed E-state index contributed by atoms with van der Waals surface area (Å²) in [5, 5.41) is 10.0. The standard InChI is InChI=1S/C24H25ClFN7/c1-15-19(26)5-7-21(27-15)31-11-24(12-31)13-32(14-24)23-29-28-22-10-30(18-3-4-18)9-16-8-17(25)2-6-20(16)33(22)23/h2,5-8,18H,3-4,9-14H2,1H3. The lowest BCUT2D eigenvalue weighted by molar-refractivity contribution is 0.153. The van der Waals surface area contributed by atoms with Gasteiger partial charge in [-0.2, -0.15) is 0 Å². The predicted molar refractivity (Wildman–Crippen MR) is 124 cm³/mol. The van der Waals surface area contributed by atoms with E-state index in [1.807, 2.05) is 6.07 Å². The molecule has 9 heteroatoms. The van der Waals surface area contributed by atoms with E-state index < -0.39 is 0 Å². The summed E-state index contributed by atoms with van der Waals surface area (Å²) in [6, 6.07) is 10.1. The van der Waals surface area contributed by atoms with Gasteiger partial charge in [-0.1, -0.05) is 11.6 Å². The number of hydrogen-bond donors (Lipinski definition) is 0. The van der Waals surface area contributed by atoms with Crippen molar-refractivity contribution in [2.75, 3.05) is 36.0 Å². The summed E-state index contributed by atoms with van der Waals surface area (Å²) >= 11 is 6.36. The van der Waals surface area contributed by atoms with Crippen molar-refractivity contribution in [3.8, 4) is 5.69 Å². The molecular formula is C24H25ClFN7. The number of aryl methyl sites for hydroxylation is 1. The highest BCUT2D eigenvalue weighted by Gasteiger charge is 2.53. The van der Waals surface area contributed by atoms with Gasteiger partial charge in [-0.05, 0) is 55.7 Å². The first-order valence-electron chi connectivity index (χ1n) is 11.6. The van der Waals surface area contributed by atoms with Gasteiger partial charge in [-0.3, -0.25) is 9.47 Å². The third-order valence-electron chi connectivity index (χ3n) is 7.50. The molecule has 1 spiro atoms. The largest absolute Gasteiger partial charge is 0.355 e. The Bertz CT molecular complexity index is 1260. The number of hydrogen-bond acceptors (Lipinski definition) is 6. The van der Waals surface area contributed by atoms with Crippen molar-refractivity contribution < 1.29 is 4.39 Å². The van der Waals surface area contributed by atoms with Crippen LogP contribution in [0.1, 0.15) is 29.9 Å². The molecule has 0 unspecified atom stereocenters. The lowest BCUT2D eigenvalue weighted by Gasteiger charge is -2.60. The highest BCUT2D eigenvalue weighted by atomic mass is 35.5. The minimum absolute atomic E-state index is 0.240. The Kier molecular flexibility index (Phi) is 4.13. The summed E-state index contributed by atoms with van der Waals surface area (Å²) in [5.74, 6) is 2.53. The first-order valence-corrected chi connectivity index (χ1v) is 12.0.